The summed E-state index contributed by atoms with van der Waals surface area (Å²) in [6, 6.07) is 6.00. The molecule has 2 unspecified atom stereocenters. The third kappa shape index (κ3) is 2.05. The first-order chi connectivity index (χ1) is 7.77. The Morgan fingerprint density at radius 1 is 1.62 bits per heavy atom. The molecule has 16 heavy (non-hydrogen) atoms. The lowest BCUT2D eigenvalue weighted by atomic mass is 9.90. The summed E-state index contributed by atoms with van der Waals surface area (Å²) in [5.74, 6) is 2.06. The second kappa shape index (κ2) is 5.08. The molecule has 0 aliphatic carbocycles. The van der Waals surface area contributed by atoms with E-state index in [1.54, 1.807) is 18.9 Å². The second-order valence-corrected chi connectivity index (χ2v) is 5.03. The summed E-state index contributed by atoms with van der Waals surface area (Å²) in [5, 5.41) is 9.92. The fourth-order valence-electron chi connectivity index (χ4n) is 2.15. The van der Waals surface area contributed by atoms with Gasteiger partial charge in [-0.2, -0.15) is 0 Å². The molecular formula is C12H17NO2S. The van der Waals surface area contributed by atoms with Gasteiger partial charge in [0.05, 0.1) is 18.1 Å². The molecule has 0 saturated carbocycles. The van der Waals surface area contributed by atoms with E-state index in [9.17, 15) is 5.11 Å². The summed E-state index contributed by atoms with van der Waals surface area (Å²) >= 11 is 1.79. The number of methoxy groups -OCH3 is 1. The minimum atomic E-state index is -0.452. The molecule has 2 rings (SSSR count). The van der Waals surface area contributed by atoms with Crippen molar-refractivity contribution in [3.63, 3.8) is 0 Å². The molecule has 3 nitrogen and oxygen atoms in total. The molecule has 1 aliphatic heterocycles. The molecule has 1 aliphatic rings. The van der Waals surface area contributed by atoms with Gasteiger partial charge in [0.2, 0.25) is 0 Å². The Morgan fingerprint density at radius 2 is 2.44 bits per heavy atom. The van der Waals surface area contributed by atoms with E-state index in [2.05, 4.69) is 6.07 Å². The van der Waals surface area contributed by atoms with E-state index >= 15 is 0 Å². The Morgan fingerprint density at radius 3 is 3.12 bits per heavy atom. The van der Waals surface area contributed by atoms with Gasteiger partial charge in [0, 0.05) is 12.5 Å². The number of nitrogens with two attached hydrogens (primary N) is 1. The number of benzene rings is 1. The van der Waals surface area contributed by atoms with Gasteiger partial charge in [-0.25, -0.2) is 0 Å². The molecule has 0 saturated heterocycles. The Kier molecular flexibility index (Phi) is 3.74. The third-order valence-electron chi connectivity index (χ3n) is 3.01. The number of rotatable bonds is 3. The van der Waals surface area contributed by atoms with E-state index in [0.29, 0.717) is 6.54 Å². The fourth-order valence-corrected chi connectivity index (χ4v) is 3.40. The third-order valence-corrected chi connectivity index (χ3v) is 4.18. The number of aliphatic hydroxyl groups is 1. The topological polar surface area (TPSA) is 55.5 Å². The zero-order chi connectivity index (χ0) is 11.5. The molecule has 1 heterocycles. The van der Waals surface area contributed by atoms with Crippen molar-refractivity contribution in [3.8, 4) is 5.75 Å². The molecule has 1 aromatic rings. The Labute approximate surface area is 100.0 Å². The van der Waals surface area contributed by atoms with Gasteiger partial charge in [-0.05, 0) is 23.8 Å². The summed E-state index contributed by atoms with van der Waals surface area (Å²) in [6.45, 7) is 0.311. The van der Waals surface area contributed by atoms with Gasteiger partial charge in [0.1, 0.15) is 5.75 Å². The molecule has 0 aromatic heterocycles. The maximum atomic E-state index is 9.92. The minimum Gasteiger partial charge on any atom is -0.496 e. The van der Waals surface area contributed by atoms with Gasteiger partial charge in [-0.15, -0.1) is 11.8 Å². The molecule has 0 radical (unpaired) electrons. The van der Waals surface area contributed by atoms with Crippen LogP contribution in [0.5, 0.6) is 5.75 Å². The predicted molar refractivity (Wildman–Crippen MR) is 66.1 cm³/mol. The van der Waals surface area contributed by atoms with Crippen LogP contribution >= 0.6 is 11.8 Å². The van der Waals surface area contributed by atoms with Gasteiger partial charge in [-0.1, -0.05) is 12.1 Å². The van der Waals surface area contributed by atoms with Crippen LogP contribution in [0.1, 0.15) is 17.9 Å². The summed E-state index contributed by atoms with van der Waals surface area (Å²) in [6.07, 6.45) is 0.523. The summed E-state index contributed by atoms with van der Waals surface area (Å²) in [4.78, 5) is 1.16. The number of ether oxygens (including phenoxy) is 1. The van der Waals surface area contributed by atoms with Crippen molar-refractivity contribution < 1.29 is 9.84 Å². The maximum absolute atomic E-state index is 9.92. The van der Waals surface area contributed by atoms with Crippen LogP contribution in [-0.2, 0) is 0 Å². The number of aliphatic hydroxyl groups excluding tert-OH is 1. The average Bonchev–Trinajstić information content (AvgIpc) is 2.36. The van der Waals surface area contributed by atoms with Crippen LogP contribution in [0.4, 0.5) is 0 Å². The zero-order valence-corrected chi connectivity index (χ0v) is 10.2. The highest BCUT2D eigenvalue weighted by atomic mass is 32.2. The largest absolute Gasteiger partial charge is 0.496 e. The van der Waals surface area contributed by atoms with Crippen LogP contribution in [0, 0.1) is 0 Å². The van der Waals surface area contributed by atoms with Crippen LogP contribution in [0.2, 0.25) is 0 Å². The first-order valence-corrected chi connectivity index (χ1v) is 6.44. The van der Waals surface area contributed by atoms with Crippen molar-refractivity contribution in [2.45, 2.75) is 23.3 Å². The summed E-state index contributed by atoms with van der Waals surface area (Å²) in [5.41, 5.74) is 6.72. The minimum absolute atomic E-state index is 0.149. The van der Waals surface area contributed by atoms with E-state index in [1.165, 1.54) is 5.56 Å². The fraction of sp³-hybridized carbons (Fsp3) is 0.500. The summed E-state index contributed by atoms with van der Waals surface area (Å²) < 4.78 is 5.34. The zero-order valence-electron chi connectivity index (χ0n) is 9.35. The van der Waals surface area contributed by atoms with Gasteiger partial charge in [-0.3, -0.25) is 0 Å². The molecular weight excluding hydrogens is 222 g/mol. The van der Waals surface area contributed by atoms with Crippen molar-refractivity contribution in [2.24, 2.45) is 5.73 Å². The standard InChI is InChI=1S/C12H17NO2S/c1-15-11-4-2-3-9-8(10(14)7-13)5-6-16-12(9)11/h2-4,8,10,14H,5-7,13H2,1H3. The number of hydrogen-bond acceptors (Lipinski definition) is 4. The van der Waals surface area contributed by atoms with Gasteiger partial charge in [0.15, 0.2) is 0 Å². The van der Waals surface area contributed by atoms with Gasteiger partial charge < -0.3 is 15.6 Å². The Bertz CT molecular complexity index is 370. The van der Waals surface area contributed by atoms with E-state index in [0.717, 1.165) is 22.8 Å². The van der Waals surface area contributed by atoms with Crippen molar-refractivity contribution >= 4 is 11.8 Å². The van der Waals surface area contributed by atoms with Crippen molar-refractivity contribution in [1.29, 1.82) is 0 Å². The predicted octanol–water partition coefficient (Wildman–Crippen LogP) is 1.59. The van der Waals surface area contributed by atoms with E-state index in [1.807, 2.05) is 12.1 Å². The van der Waals surface area contributed by atoms with Crippen molar-refractivity contribution in [2.75, 3.05) is 19.4 Å². The number of thioether (sulfide) groups is 1. The quantitative estimate of drug-likeness (QED) is 0.841. The van der Waals surface area contributed by atoms with E-state index in [-0.39, 0.29) is 5.92 Å². The highest BCUT2D eigenvalue weighted by molar-refractivity contribution is 7.99. The first kappa shape index (κ1) is 11.8. The second-order valence-electron chi connectivity index (χ2n) is 3.93. The number of hydrogen-bond donors (Lipinski definition) is 2. The molecule has 0 bridgehead atoms. The molecule has 2 atom stereocenters. The molecule has 3 N–H and O–H groups in total. The van der Waals surface area contributed by atoms with E-state index in [4.69, 9.17) is 10.5 Å². The average molecular weight is 239 g/mol. The van der Waals surface area contributed by atoms with Crippen molar-refractivity contribution in [1.82, 2.24) is 0 Å². The van der Waals surface area contributed by atoms with Crippen LogP contribution in [0.25, 0.3) is 0 Å². The lowest BCUT2D eigenvalue weighted by Crippen LogP contribution is -2.29. The van der Waals surface area contributed by atoms with Crippen LogP contribution < -0.4 is 10.5 Å². The van der Waals surface area contributed by atoms with Crippen LogP contribution in [0.15, 0.2) is 23.1 Å². The smallest absolute Gasteiger partial charge is 0.132 e. The molecule has 88 valence electrons. The van der Waals surface area contributed by atoms with Crippen LogP contribution in [-0.4, -0.2) is 30.6 Å². The van der Waals surface area contributed by atoms with E-state index < -0.39 is 6.10 Å². The monoisotopic (exact) mass is 239 g/mol. The molecule has 1 aromatic carbocycles. The molecule has 0 spiro atoms. The normalized spacial score (nSPS) is 21.3. The number of fused-ring (bicyclic) bond motifs is 1. The highest BCUT2D eigenvalue weighted by Crippen LogP contribution is 2.43. The Hall–Kier alpha value is -0.710. The summed E-state index contributed by atoms with van der Waals surface area (Å²) in [7, 11) is 1.68. The molecule has 0 fully saturated rings. The Balaban J connectivity index is 2.39. The maximum Gasteiger partial charge on any atom is 0.132 e. The lowest BCUT2D eigenvalue weighted by molar-refractivity contribution is 0.147. The van der Waals surface area contributed by atoms with Crippen molar-refractivity contribution in [3.05, 3.63) is 23.8 Å². The highest BCUT2D eigenvalue weighted by Gasteiger charge is 2.27. The SMILES string of the molecule is COc1cccc2c1SCCC2C(O)CN. The van der Waals surface area contributed by atoms with Gasteiger partial charge >= 0.3 is 0 Å². The lowest BCUT2D eigenvalue weighted by Gasteiger charge is -2.29. The molecule has 0 amide bonds. The van der Waals surface area contributed by atoms with Crippen LogP contribution in [0.3, 0.4) is 0 Å². The first-order valence-electron chi connectivity index (χ1n) is 5.45. The molecule has 4 heteroatoms. The van der Waals surface area contributed by atoms with Gasteiger partial charge in [0.25, 0.3) is 0 Å².